The number of hydrogen-bond acceptors (Lipinski definition) is 5. The van der Waals surface area contributed by atoms with Crippen LogP contribution in [0.25, 0.3) is 0 Å². The van der Waals surface area contributed by atoms with Gasteiger partial charge < -0.3 is 10.2 Å². The van der Waals surface area contributed by atoms with Crippen LogP contribution in [0.4, 0.5) is 29.1 Å². The Morgan fingerprint density at radius 2 is 1.97 bits per heavy atom. The van der Waals surface area contributed by atoms with Crippen LogP contribution in [0.3, 0.4) is 0 Å². The molecule has 10 heteroatoms. The standard InChI is InChI=1S/C20H21F4N5O/c1-2-16-18(21)19(26-11-25-16)28-8-14-7-15(9-28)29(14)10-17(30)27-13-5-3-4-12(6-13)20(22,23)24/h3-6,11,14-15H,2,7-10H2,1H3,(H,27,30). The molecule has 3 aliphatic rings. The van der Waals surface area contributed by atoms with Crippen LogP contribution in [-0.2, 0) is 17.4 Å². The van der Waals surface area contributed by atoms with Crippen molar-refractivity contribution in [3.8, 4) is 0 Å². The van der Waals surface area contributed by atoms with Gasteiger partial charge in [-0.25, -0.2) is 14.4 Å². The van der Waals surface area contributed by atoms with Crippen molar-refractivity contribution in [2.75, 3.05) is 29.9 Å². The predicted molar refractivity (Wildman–Crippen MR) is 103 cm³/mol. The first-order valence-corrected chi connectivity index (χ1v) is 9.73. The van der Waals surface area contributed by atoms with Crippen LogP contribution in [0.15, 0.2) is 30.6 Å². The van der Waals surface area contributed by atoms with Crippen LogP contribution in [-0.4, -0.2) is 52.5 Å². The van der Waals surface area contributed by atoms with Crippen molar-refractivity contribution >= 4 is 17.4 Å². The second kappa shape index (κ2) is 7.82. The Bertz CT molecular complexity index is 939. The van der Waals surface area contributed by atoms with E-state index in [1.54, 1.807) is 0 Å². The summed E-state index contributed by atoms with van der Waals surface area (Å²) in [6.07, 6.45) is -1.74. The molecule has 1 amide bonds. The zero-order chi connectivity index (χ0) is 21.5. The fraction of sp³-hybridized carbons (Fsp3) is 0.450. The number of rotatable bonds is 5. The summed E-state index contributed by atoms with van der Waals surface area (Å²) in [6, 6.07) is 4.69. The molecule has 0 radical (unpaired) electrons. The third-order valence-corrected chi connectivity index (χ3v) is 5.62. The molecule has 3 saturated heterocycles. The average Bonchev–Trinajstić information content (AvgIpc) is 2.72. The van der Waals surface area contributed by atoms with Gasteiger partial charge in [0, 0.05) is 30.9 Å². The summed E-state index contributed by atoms with van der Waals surface area (Å²) >= 11 is 0. The molecule has 2 bridgehead atoms. The molecule has 4 heterocycles. The Morgan fingerprint density at radius 3 is 2.63 bits per heavy atom. The normalized spacial score (nSPS) is 21.3. The van der Waals surface area contributed by atoms with Crippen LogP contribution in [0.1, 0.15) is 24.6 Å². The van der Waals surface area contributed by atoms with Gasteiger partial charge in [-0.05, 0) is 31.0 Å². The summed E-state index contributed by atoms with van der Waals surface area (Å²) < 4.78 is 53.0. The molecule has 2 atom stereocenters. The fourth-order valence-corrected chi connectivity index (χ4v) is 4.12. The highest BCUT2D eigenvalue weighted by Gasteiger charge is 2.46. The van der Waals surface area contributed by atoms with Crippen LogP contribution in [0.2, 0.25) is 0 Å². The number of hydrogen-bond donors (Lipinski definition) is 1. The molecule has 0 saturated carbocycles. The third kappa shape index (κ3) is 3.96. The maximum Gasteiger partial charge on any atom is 0.416 e. The number of piperidine rings is 1. The van der Waals surface area contributed by atoms with E-state index in [4.69, 9.17) is 0 Å². The van der Waals surface area contributed by atoms with Crippen LogP contribution < -0.4 is 10.2 Å². The molecule has 1 N–H and O–H groups in total. The van der Waals surface area contributed by atoms with E-state index in [9.17, 15) is 22.4 Å². The van der Waals surface area contributed by atoms with E-state index in [2.05, 4.69) is 15.3 Å². The van der Waals surface area contributed by atoms with Gasteiger partial charge in [0.05, 0.1) is 17.8 Å². The lowest BCUT2D eigenvalue weighted by Gasteiger charge is -2.56. The number of nitrogens with one attached hydrogen (secondary N) is 1. The molecule has 30 heavy (non-hydrogen) atoms. The summed E-state index contributed by atoms with van der Waals surface area (Å²) in [6.45, 7) is 2.97. The molecule has 2 unspecified atom stereocenters. The van der Waals surface area contributed by atoms with Crippen LogP contribution in [0, 0.1) is 5.82 Å². The predicted octanol–water partition coefficient (Wildman–Crippen LogP) is 3.10. The van der Waals surface area contributed by atoms with Gasteiger partial charge in [0.15, 0.2) is 11.6 Å². The third-order valence-electron chi connectivity index (χ3n) is 5.62. The van der Waals surface area contributed by atoms with E-state index in [0.29, 0.717) is 25.2 Å². The molecule has 1 aromatic carbocycles. The number of carbonyl (C=O) groups is 1. The summed E-state index contributed by atoms with van der Waals surface area (Å²) in [5.41, 5.74) is -0.330. The number of amides is 1. The summed E-state index contributed by atoms with van der Waals surface area (Å²) in [5.74, 6) is -0.501. The number of fused-ring (bicyclic) bond motifs is 2. The summed E-state index contributed by atoms with van der Waals surface area (Å²) in [4.78, 5) is 24.3. The molecular weight excluding hydrogens is 402 g/mol. The van der Waals surface area contributed by atoms with Gasteiger partial charge in [0.2, 0.25) is 5.91 Å². The van der Waals surface area contributed by atoms with Crippen molar-refractivity contribution in [1.82, 2.24) is 14.9 Å². The number of alkyl halides is 3. The maximum absolute atomic E-state index is 14.5. The van der Waals surface area contributed by atoms with E-state index < -0.39 is 17.6 Å². The summed E-state index contributed by atoms with van der Waals surface area (Å²) in [5, 5.41) is 2.54. The average molecular weight is 423 g/mol. The fourth-order valence-electron chi connectivity index (χ4n) is 4.12. The molecule has 6 nitrogen and oxygen atoms in total. The van der Waals surface area contributed by atoms with Gasteiger partial charge in [-0.2, -0.15) is 13.2 Å². The smallest absolute Gasteiger partial charge is 0.351 e. The van der Waals surface area contributed by atoms with Crippen molar-refractivity contribution in [3.63, 3.8) is 0 Å². The summed E-state index contributed by atoms with van der Waals surface area (Å²) in [7, 11) is 0. The number of aryl methyl sites for hydroxylation is 1. The molecule has 5 rings (SSSR count). The lowest BCUT2D eigenvalue weighted by Crippen LogP contribution is -2.70. The maximum atomic E-state index is 14.5. The van der Waals surface area contributed by atoms with Gasteiger partial charge in [0.25, 0.3) is 0 Å². The van der Waals surface area contributed by atoms with Crippen molar-refractivity contribution in [3.05, 3.63) is 47.7 Å². The van der Waals surface area contributed by atoms with E-state index in [-0.39, 0.29) is 36.0 Å². The Hall–Kier alpha value is -2.75. The lowest BCUT2D eigenvalue weighted by atomic mass is 9.87. The second-order valence-corrected chi connectivity index (χ2v) is 7.56. The zero-order valence-electron chi connectivity index (χ0n) is 16.3. The van der Waals surface area contributed by atoms with Gasteiger partial charge in [-0.1, -0.05) is 13.0 Å². The van der Waals surface area contributed by atoms with Crippen molar-refractivity contribution < 1.29 is 22.4 Å². The molecule has 2 aromatic rings. The highest BCUT2D eigenvalue weighted by molar-refractivity contribution is 5.92. The Morgan fingerprint density at radius 1 is 1.23 bits per heavy atom. The molecule has 0 spiro atoms. The van der Waals surface area contributed by atoms with Crippen molar-refractivity contribution in [2.45, 2.75) is 38.0 Å². The minimum atomic E-state index is -4.47. The lowest BCUT2D eigenvalue weighted by molar-refractivity contribution is -0.137. The van der Waals surface area contributed by atoms with Gasteiger partial charge >= 0.3 is 6.18 Å². The zero-order valence-corrected chi connectivity index (χ0v) is 16.3. The number of piperazine rings is 1. The SMILES string of the molecule is CCc1ncnc(N2CC3CC(C2)N3CC(=O)Nc2cccc(C(F)(F)F)c2)c1F. The van der Waals surface area contributed by atoms with Crippen LogP contribution >= 0.6 is 0 Å². The quantitative estimate of drug-likeness (QED) is 0.749. The largest absolute Gasteiger partial charge is 0.416 e. The minimum absolute atomic E-state index is 0.0652. The number of anilines is 2. The number of halogens is 4. The highest BCUT2D eigenvalue weighted by Crippen LogP contribution is 2.35. The number of aromatic nitrogens is 2. The van der Waals surface area contributed by atoms with Crippen molar-refractivity contribution in [1.29, 1.82) is 0 Å². The highest BCUT2D eigenvalue weighted by atomic mass is 19.4. The molecule has 160 valence electrons. The van der Waals surface area contributed by atoms with Gasteiger partial charge in [0.1, 0.15) is 6.33 Å². The Balaban J connectivity index is 1.37. The van der Waals surface area contributed by atoms with E-state index >= 15 is 0 Å². The number of carbonyl (C=O) groups excluding carboxylic acids is 1. The monoisotopic (exact) mass is 423 g/mol. The van der Waals surface area contributed by atoms with Gasteiger partial charge in [-0.15, -0.1) is 0 Å². The second-order valence-electron chi connectivity index (χ2n) is 7.56. The van der Waals surface area contributed by atoms with Crippen molar-refractivity contribution in [2.24, 2.45) is 0 Å². The van der Waals surface area contributed by atoms with E-state index in [1.165, 1.54) is 18.5 Å². The topological polar surface area (TPSA) is 61.4 Å². The first-order chi connectivity index (χ1) is 14.3. The molecule has 3 fully saturated rings. The number of nitrogens with zero attached hydrogens (tertiary/aromatic N) is 4. The van der Waals surface area contributed by atoms with Gasteiger partial charge in [-0.3, -0.25) is 9.69 Å². The molecule has 1 aromatic heterocycles. The Kier molecular flexibility index (Phi) is 5.35. The van der Waals surface area contributed by atoms with Crippen LogP contribution in [0.5, 0.6) is 0 Å². The molecule has 3 aliphatic heterocycles. The first-order valence-electron chi connectivity index (χ1n) is 9.73. The minimum Gasteiger partial charge on any atom is -0.351 e. The first kappa shape index (κ1) is 20.5. The molecule has 0 aliphatic carbocycles. The van der Waals surface area contributed by atoms with E-state index in [0.717, 1.165) is 18.6 Å². The van der Waals surface area contributed by atoms with E-state index in [1.807, 2.05) is 16.7 Å². The Labute approximate surface area is 170 Å². The number of benzene rings is 1. The molecular formula is C20H21F4N5O.